The summed E-state index contributed by atoms with van der Waals surface area (Å²) in [6, 6.07) is 39.1. The van der Waals surface area contributed by atoms with Gasteiger partial charge in [0.15, 0.2) is 0 Å². The Morgan fingerprint density at radius 1 is 0.636 bits per heavy atom. The van der Waals surface area contributed by atoms with E-state index in [0.717, 1.165) is 28.1 Å². The highest BCUT2D eigenvalue weighted by Crippen LogP contribution is 2.36. The van der Waals surface area contributed by atoms with Crippen LogP contribution in [0.2, 0.25) is 0 Å². The molecule has 3 nitrogen and oxygen atoms in total. The maximum absolute atomic E-state index is 5.04. The lowest BCUT2D eigenvalue weighted by atomic mass is 9.98. The lowest BCUT2D eigenvalue weighted by molar-refractivity contribution is 1.09. The topological polar surface area (TPSA) is 20.5 Å². The lowest BCUT2D eigenvalue weighted by Crippen LogP contribution is -2.16. The monoisotopic (exact) mass is 573 g/mol. The number of aryl methyl sites for hydroxylation is 6. The Morgan fingerprint density at radius 2 is 1.27 bits per heavy atom. The summed E-state index contributed by atoms with van der Waals surface area (Å²) in [4.78, 5) is 7.23. The molecule has 0 atom stereocenters. The normalized spacial score (nSPS) is 11.9. The molecule has 0 amide bonds. The zero-order valence-electron chi connectivity index (χ0n) is 26.5. The van der Waals surface area contributed by atoms with Gasteiger partial charge in [0.1, 0.15) is 0 Å². The number of para-hydroxylation sites is 1. The van der Waals surface area contributed by atoms with Crippen LogP contribution in [0.1, 0.15) is 44.5 Å². The van der Waals surface area contributed by atoms with E-state index in [-0.39, 0.29) is 0 Å². The Hall–Kier alpha value is -5.15. The van der Waals surface area contributed by atoms with Crippen LogP contribution in [0.4, 0.5) is 11.4 Å². The summed E-state index contributed by atoms with van der Waals surface area (Å²) in [5.41, 5.74) is 15.1. The van der Waals surface area contributed by atoms with Crippen LogP contribution in [0.5, 0.6) is 0 Å². The molecule has 0 saturated heterocycles. The molecule has 0 unspecified atom stereocenters. The minimum atomic E-state index is 0.974. The fourth-order valence-corrected chi connectivity index (χ4v) is 5.77. The Labute approximate surface area is 261 Å². The van der Waals surface area contributed by atoms with E-state index in [2.05, 4.69) is 173 Å². The van der Waals surface area contributed by atoms with Gasteiger partial charge in [-0.1, -0.05) is 84.9 Å². The van der Waals surface area contributed by atoms with Crippen molar-refractivity contribution in [1.82, 2.24) is 4.57 Å². The average molecular weight is 574 g/mol. The van der Waals surface area contributed by atoms with Gasteiger partial charge in [0.2, 0.25) is 0 Å². The minimum Gasteiger partial charge on any atom is -0.316 e. The molecule has 0 aliphatic carbocycles. The van der Waals surface area contributed by atoms with Crippen LogP contribution >= 0.6 is 0 Å². The number of nitrogens with zero attached hydrogens (tertiary/aromatic N) is 3. The van der Waals surface area contributed by atoms with E-state index in [1.165, 1.54) is 50.0 Å². The Kier molecular flexibility index (Phi) is 8.04. The first-order valence-corrected chi connectivity index (χ1v) is 15.2. The third-order valence-corrected chi connectivity index (χ3v) is 8.31. The summed E-state index contributed by atoms with van der Waals surface area (Å²) in [5, 5.41) is 1.20. The zero-order chi connectivity index (χ0) is 30.8. The number of hydrogen-bond acceptors (Lipinski definition) is 1. The number of anilines is 1. The van der Waals surface area contributed by atoms with Crippen molar-refractivity contribution in [3.63, 3.8) is 0 Å². The van der Waals surface area contributed by atoms with Crippen LogP contribution in [0, 0.1) is 41.5 Å². The molecule has 0 N–H and O–H groups in total. The highest BCUT2D eigenvalue weighted by Gasteiger charge is 2.18. The number of benzene rings is 5. The van der Waals surface area contributed by atoms with Gasteiger partial charge >= 0.3 is 0 Å². The SMILES string of the molecule is Cc1ccc(C)c(N=CN(/C=C(\c2ccccc2)c2cn(-c3cc(C)ccc3C)c3ccccc23)c2cc(C)ccc2C)c1. The Morgan fingerprint density at radius 3 is 2.05 bits per heavy atom. The third-order valence-electron chi connectivity index (χ3n) is 8.31. The second kappa shape index (κ2) is 12.2. The second-order valence-corrected chi connectivity index (χ2v) is 11.9. The molecule has 3 heteroatoms. The first-order chi connectivity index (χ1) is 21.3. The quantitative estimate of drug-likeness (QED) is 0.137. The van der Waals surface area contributed by atoms with E-state index < -0.39 is 0 Å². The molecule has 0 saturated carbocycles. The zero-order valence-corrected chi connectivity index (χ0v) is 26.5. The van der Waals surface area contributed by atoms with E-state index in [1.807, 2.05) is 6.34 Å². The smallest absolute Gasteiger partial charge is 0.0998 e. The lowest BCUT2D eigenvalue weighted by Gasteiger charge is -2.21. The molecule has 6 aromatic rings. The Balaban J connectivity index is 1.62. The van der Waals surface area contributed by atoms with Crippen molar-refractivity contribution >= 4 is 34.2 Å². The molecule has 0 fully saturated rings. The van der Waals surface area contributed by atoms with Crippen molar-refractivity contribution in [1.29, 1.82) is 0 Å². The molecule has 0 aliphatic heterocycles. The van der Waals surface area contributed by atoms with Crippen molar-refractivity contribution in [3.8, 4) is 5.69 Å². The van der Waals surface area contributed by atoms with Crippen molar-refractivity contribution in [2.24, 2.45) is 4.99 Å². The third kappa shape index (κ3) is 5.87. The summed E-state index contributed by atoms with van der Waals surface area (Å²) in [7, 11) is 0. The van der Waals surface area contributed by atoms with Gasteiger partial charge in [-0.15, -0.1) is 0 Å². The summed E-state index contributed by atoms with van der Waals surface area (Å²) < 4.78 is 2.34. The van der Waals surface area contributed by atoms with Gasteiger partial charge in [-0.2, -0.15) is 0 Å². The molecule has 1 heterocycles. The molecular weight excluding hydrogens is 534 g/mol. The maximum atomic E-state index is 5.04. The van der Waals surface area contributed by atoms with Crippen LogP contribution in [-0.4, -0.2) is 10.9 Å². The Bertz CT molecular complexity index is 2030. The minimum absolute atomic E-state index is 0.974. The van der Waals surface area contributed by atoms with Crippen molar-refractivity contribution < 1.29 is 0 Å². The standard InChI is InChI=1S/C41H39N3/c1-28-16-19-31(4)38(22-28)42-27-43(40-23-29(2)17-20-32(40)5)25-36(34-12-8-7-9-13-34)37-26-44(39-15-11-10-14-35(37)39)41-24-30(3)18-21-33(41)6/h7-27H,1-6H3/b36-25+,42-27?. The second-order valence-electron chi connectivity index (χ2n) is 11.9. The van der Waals surface area contributed by atoms with Crippen LogP contribution in [-0.2, 0) is 0 Å². The molecule has 0 radical (unpaired) electrons. The van der Waals surface area contributed by atoms with E-state index in [9.17, 15) is 0 Å². The maximum Gasteiger partial charge on any atom is 0.0998 e. The van der Waals surface area contributed by atoms with Gasteiger partial charge in [-0.3, -0.25) is 0 Å². The van der Waals surface area contributed by atoms with Crippen molar-refractivity contribution in [2.75, 3.05) is 4.90 Å². The molecule has 44 heavy (non-hydrogen) atoms. The molecule has 0 aliphatic rings. The van der Waals surface area contributed by atoms with Gasteiger partial charge in [-0.25, -0.2) is 4.99 Å². The number of aromatic nitrogens is 1. The van der Waals surface area contributed by atoms with Gasteiger partial charge in [0.25, 0.3) is 0 Å². The fourth-order valence-electron chi connectivity index (χ4n) is 5.77. The summed E-state index contributed by atoms with van der Waals surface area (Å²) in [6.45, 7) is 12.9. The highest BCUT2D eigenvalue weighted by molar-refractivity contribution is 6.00. The summed E-state index contributed by atoms with van der Waals surface area (Å²) in [6.07, 6.45) is 6.52. The van der Waals surface area contributed by atoms with Gasteiger partial charge in [-0.05, 0) is 105 Å². The van der Waals surface area contributed by atoms with Crippen molar-refractivity contribution in [2.45, 2.75) is 41.5 Å². The first-order valence-electron chi connectivity index (χ1n) is 15.2. The molecule has 218 valence electrons. The highest BCUT2D eigenvalue weighted by atomic mass is 15.1. The van der Waals surface area contributed by atoms with Crippen LogP contribution in [0.15, 0.2) is 127 Å². The molecule has 0 spiro atoms. The number of hydrogen-bond donors (Lipinski definition) is 0. The predicted octanol–water partition coefficient (Wildman–Crippen LogP) is 10.7. The number of fused-ring (bicyclic) bond motifs is 1. The molecule has 0 bridgehead atoms. The number of rotatable bonds is 7. The van der Waals surface area contributed by atoms with Gasteiger partial charge in [0, 0.05) is 40.3 Å². The molecule has 5 aromatic carbocycles. The fraction of sp³-hybridized carbons (Fsp3) is 0.146. The average Bonchev–Trinajstić information content (AvgIpc) is 3.41. The molecular formula is C41H39N3. The predicted molar refractivity (Wildman–Crippen MR) is 189 cm³/mol. The number of aliphatic imine (C=N–C) groups is 1. The molecule has 6 rings (SSSR count). The van der Waals surface area contributed by atoms with Crippen LogP contribution in [0.25, 0.3) is 22.2 Å². The summed E-state index contributed by atoms with van der Waals surface area (Å²) in [5.74, 6) is 0. The van der Waals surface area contributed by atoms with Crippen LogP contribution < -0.4 is 4.90 Å². The van der Waals surface area contributed by atoms with E-state index in [1.54, 1.807) is 0 Å². The summed E-state index contributed by atoms with van der Waals surface area (Å²) >= 11 is 0. The van der Waals surface area contributed by atoms with Gasteiger partial charge in [0.05, 0.1) is 17.5 Å². The largest absolute Gasteiger partial charge is 0.316 e. The molecule has 1 aromatic heterocycles. The van der Waals surface area contributed by atoms with E-state index >= 15 is 0 Å². The van der Waals surface area contributed by atoms with E-state index in [4.69, 9.17) is 4.99 Å². The first kappa shape index (κ1) is 28.9. The van der Waals surface area contributed by atoms with E-state index in [0.29, 0.717) is 0 Å². The van der Waals surface area contributed by atoms with Gasteiger partial charge < -0.3 is 9.47 Å². The van der Waals surface area contributed by atoms with Crippen LogP contribution in [0.3, 0.4) is 0 Å². The van der Waals surface area contributed by atoms with Crippen molar-refractivity contribution in [3.05, 3.63) is 166 Å².